The van der Waals surface area contributed by atoms with E-state index in [4.69, 9.17) is 0 Å². The van der Waals surface area contributed by atoms with Gasteiger partial charge in [0, 0.05) is 24.2 Å². The first kappa shape index (κ1) is 17.1. The molecule has 7 heteroatoms. The molecule has 0 aliphatic carbocycles. The van der Waals surface area contributed by atoms with Crippen molar-refractivity contribution in [2.75, 3.05) is 5.32 Å². The fourth-order valence-electron chi connectivity index (χ4n) is 2.09. The molecular weight excluding hydrogens is 317 g/mol. The number of halogens is 1. The molecule has 0 aliphatic heterocycles. The van der Waals surface area contributed by atoms with E-state index in [9.17, 15) is 14.0 Å². The summed E-state index contributed by atoms with van der Waals surface area (Å²) in [5, 5.41) is 7.96. The molecule has 2 N–H and O–H groups in total. The lowest BCUT2D eigenvalue weighted by Crippen LogP contribution is -2.43. The predicted molar refractivity (Wildman–Crippen MR) is 87.9 cm³/mol. The van der Waals surface area contributed by atoms with Crippen molar-refractivity contribution in [3.8, 4) is 0 Å². The van der Waals surface area contributed by atoms with E-state index in [0.717, 1.165) is 11.1 Å². The lowest BCUT2D eigenvalue weighted by Gasteiger charge is -2.27. The standard InChI is InChI=1S/C16H18FN3O2S/c1-4-16(3,15-18-7-8-23-15)20-14(22)12-9-11(19-10(2)21)5-6-13(12)17/h5-9H,4H2,1-3H3,(H,19,21)(H,20,22). The van der Waals surface area contributed by atoms with Gasteiger partial charge in [0.25, 0.3) is 5.91 Å². The number of hydrogen-bond acceptors (Lipinski definition) is 4. The maximum atomic E-state index is 14.0. The monoisotopic (exact) mass is 335 g/mol. The molecule has 1 heterocycles. The van der Waals surface area contributed by atoms with Crippen LogP contribution in [-0.4, -0.2) is 16.8 Å². The van der Waals surface area contributed by atoms with Crippen molar-refractivity contribution in [1.82, 2.24) is 10.3 Å². The first-order chi connectivity index (χ1) is 10.9. The van der Waals surface area contributed by atoms with Gasteiger partial charge in [-0.25, -0.2) is 9.37 Å². The van der Waals surface area contributed by atoms with Gasteiger partial charge in [0.1, 0.15) is 10.8 Å². The highest BCUT2D eigenvalue weighted by Crippen LogP contribution is 2.27. The van der Waals surface area contributed by atoms with Crippen LogP contribution in [-0.2, 0) is 10.3 Å². The molecule has 1 unspecified atom stereocenters. The largest absolute Gasteiger partial charge is 0.340 e. The lowest BCUT2D eigenvalue weighted by atomic mass is 9.99. The Hall–Kier alpha value is -2.28. The van der Waals surface area contributed by atoms with Gasteiger partial charge in [-0.05, 0) is 31.5 Å². The van der Waals surface area contributed by atoms with Crippen LogP contribution in [0.25, 0.3) is 0 Å². The average Bonchev–Trinajstić information content (AvgIpc) is 3.03. The van der Waals surface area contributed by atoms with Crippen LogP contribution >= 0.6 is 11.3 Å². The van der Waals surface area contributed by atoms with Crippen LogP contribution in [0.3, 0.4) is 0 Å². The first-order valence-electron chi connectivity index (χ1n) is 7.15. The highest BCUT2D eigenvalue weighted by Gasteiger charge is 2.30. The van der Waals surface area contributed by atoms with Gasteiger partial charge >= 0.3 is 0 Å². The third-order valence-electron chi connectivity index (χ3n) is 3.53. The Balaban J connectivity index is 2.28. The number of rotatable bonds is 5. The van der Waals surface area contributed by atoms with Crippen molar-refractivity contribution in [3.63, 3.8) is 0 Å². The number of carbonyl (C=O) groups excluding carboxylic acids is 2. The molecule has 1 aromatic heterocycles. The zero-order valence-electron chi connectivity index (χ0n) is 13.1. The smallest absolute Gasteiger partial charge is 0.255 e. The molecule has 0 saturated carbocycles. The normalized spacial score (nSPS) is 13.2. The Kier molecular flexibility index (Phi) is 5.10. The van der Waals surface area contributed by atoms with E-state index >= 15 is 0 Å². The maximum absolute atomic E-state index is 14.0. The molecule has 0 spiro atoms. The van der Waals surface area contributed by atoms with Crippen molar-refractivity contribution in [3.05, 3.63) is 46.2 Å². The van der Waals surface area contributed by atoms with Crippen molar-refractivity contribution in [2.24, 2.45) is 0 Å². The second-order valence-corrected chi connectivity index (χ2v) is 6.25. The van der Waals surface area contributed by atoms with Gasteiger partial charge in [-0.15, -0.1) is 11.3 Å². The fourth-order valence-corrected chi connectivity index (χ4v) is 2.92. The summed E-state index contributed by atoms with van der Waals surface area (Å²) in [6.07, 6.45) is 2.28. The van der Waals surface area contributed by atoms with Crippen molar-refractivity contribution < 1.29 is 14.0 Å². The van der Waals surface area contributed by atoms with E-state index in [0.29, 0.717) is 12.1 Å². The number of nitrogens with zero attached hydrogens (tertiary/aromatic N) is 1. The minimum Gasteiger partial charge on any atom is -0.340 e. The van der Waals surface area contributed by atoms with E-state index in [2.05, 4.69) is 15.6 Å². The topological polar surface area (TPSA) is 71.1 Å². The second kappa shape index (κ2) is 6.87. The van der Waals surface area contributed by atoms with Gasteiger partial charge in [-0.2, -0.15) is 0 Å². The quantitative estimate of drug-likeness (QED) is 0.881. The summed E-state index contributed by atoms with van der Waals surface area (Å²) < 4.78 is 14.0. The number of benzene rings is 1. The average molecular weight is 335 g/mol. The number of anilines is 1. The summed E-state index contributed by atoms with van der Waals surface area (Å²) in [4.78, 5) is 27.8. The van der Waals surface area contributed by atoms with E-state index in [1.165, 1.54) is 30.4 Å². The van der Waals surface area contributed by atoms with E-state index in [1.807, 2.05) is 19.2 Å². The molecule has 2 aromatic rings. The Morgan fingerprint density at radius 1 is 1.39 bits per heavy atom. The zero-order chi connectivity index (χ0) is 17.0. The molecule has 122 valence electrons. The number of amides is 2. The van der Waals surface area contributed by atoms with Crippen LogP contribution in [0.4, 0.5) is 10.1 Å². The highest BCUT2D eigenvalue weighted by molar-refractivity contribution is 7.09. The third-order valence-corrected chi connectivity index (χ3v) is 4.57. The molecule has 2 rings (SSSR count). The van der Waals surface area contributed by atoms with Gasteiger partial charge in [-0.1, -0.05) is 6.92 Å². The fraction of sp³-hybridized carbons (Fsp3) is 0.312. The minimum absolute atomic E-state index is 0.118. The minimum atomic E-state index is -0.679. The molecule has 23 heavy (non-hydrogen) atoms. The van der Waals surface area contributed by atoms with Gasteiger partial charge in [0.15, 0.2) is 0 Å². The maximum Gasteiger partial charge on any atom is 0.255 e. The van der Waals surface area contributed by atoms with Gasteiger partial charge in [0.2, 0.25) is 5.91 Å². The SMILES string of the molecule is CCC(C)(NC(=O)c1cc(NC(C)=O)ccc1F)c1nccs1. The number of hydrogen-bond donors (Lipinski definition) is 2. The van der Waals surface area contributed by atoms with Gasteiger partial charge in [-0.3, -0.25) is 9.59 Å². The third kappa shape index (κ3) is 3.92. The Labute approximate surface area is 137 Å². The van der Waals surface area contributed by atoms with E-state index in [1.54, 1.807) is 6.20 Å². The molecule has 1 aromatic carbocycles. The van der Waals surface area contributed by atoms with Crippen LogP contribution in [0.15, 0.2) is 29.8 Å². The molecule has 0 saturated heterocycles. The molecule has 0 fully saturated rings. The first-order valence-corrected chi connectivity index (χ1v) is 8.03. The van der Waals surface area contributed by atoms with E-state index < -0.39 is 17.3 Å². The van der Waals surface area contributed by atoms with Crippen molar-refractivity contribution in [1.29, 1.82) is 0 Å². The Morgan fingerprint density at radius 3 is 2.70 bits per heavy atom. The Bertz CT molecular complexity index is 718. The molecule has 2 amide bonds. The second-order valence-electron chi connectivity index (χ2n) is 5.35. The molecule has 0 bridgehead atoms. The summed E-state index contributed by atoms with van der Waals surface area (Å²) in [6.45, 7) is 5.12. The van der Waals surface area contributed by atoms with Crippen LogP contribution in [0.2, 0.25) is 0 Å². The summed E-state index contributed by atoms with van der Waals surface area (Å²) in [6, 6.07) is 3.89. The number of nitrogens with one attached hydrogen (secondary N) is 2. The summed E-state index contributed by atoms with van der Waals surface area (Å²) in [7, 11) is 0. The molecule has 1 atom stereocenters. The van der Waals surface area contributed by atoms with Crippen LogP contribution < -0.4 is 10.6 Å². The molecule has 0 aliphatic rings. The lowest BCUT2D eigenvalue weighted by molar-refractivity contribution is -0.114. The van der Waals surface area contributed by atoms with E-state index in [-0.39, 0.29) is 11.5 Å². The molecule has 0 radical (unpaired) electrons. The summed E-state index contributed by atoms with van der Waals surface area (Å²) in [5.41, 5.74) is -0.425. The summed E-state index contributed by atoms with van der Waals surface area (Å²) >= 11 is 1.43. The van der Waals surface area contributed by atoms with Crippen LogP contribution in [0.5, 0.6) is 0 Å². The number of thiazole rings is 1. The Morgan fingerprint density at radius 2 is 2.13 bits per heavy atom. The van der Waals surface area contributed by atoms with Gasteiger partial charge in [0.05, 0.1) is 11.1 Å². The highest BCUT2D eigenvalue weighted by atomic mass is 32.1. The van der Waals surface area contributed by atoms with Gasteiger partial charge < -0.3 is 10.6 Å². The number of carbonyl (C=O) groups is 2. The van der Waals surface area contributed by atoms with Crippen molar-refractivity contribution in [2.45, 2.75) is 32.7 Å². The number of aromatic nitrogens is 1. The zero-order valence-corrected chi connectivity index (χ0v) is 14.0. The van der Waals surface area contributed by atoms with Crippen LogP contribution in [0.1, 0.15) is 42.6 Å². The predicted octanol–water partition coefficient (Wildman–Crippen LogP) is 3.30. The van der Waals surface area contributed by atoms with Crippen LogP contribution in [0, 0.1) is 5.82 Å². The summed E-state index contributed by atoms with van der Waals surface area (Å²) in [5.74, 6) is -1.48. The molecule has 5 nitrogen and oxygen atoms in total. The van der Waals surface area contributed by atoms with Crippen molar-refractivity contribution >= 4 is 28.8 Å². The molecular formula is C16H18FN3O2S.